The van der Waals surface area contributed by atoms with Gasteiger partial charge in [0.05, 0.1) is 13.2 Å². The number of hydrogen-bond donors (Lipinski definition) is 1. The second-order valence-electron chi connectivity index (χ2n) is 6.01. The van der Waals surface area contributed by atoms with Crippen LogP contribution in [0.5, 0.6) is 17.2 Å². The van der Waals surface area contributed by atoms with Gasteiger partial charge in [0.25, 0.3) is 5.91 Å². The monoisotopic (exact) mass is 343 g/mol. The van der Waals surface area contributed by atoms with Crippen LogP contribution in [0, 0.1) is 13.8 Å². The molecule has 2 rings (SSSR count). The predicted octanol–water partition coefficient (Wildman–Crippen LogP) is 3.27. The van der Waals surface area contributed by atoms with Crippen molar-refractivity contribution in [2.45, 2.75) is 26.8 Å². The Balaban J connectivity index is 1.74. The zero-order valence-electron chi connectivity index (χ0n) is 15.2. The first kappa shape index (κ1) is 18.6. The second kappa shape index (κ2) is 8.97. The van der Waals surface area contributed by atoms with Crippen LogP contribution in [0.1, 0.15) is 18.1 Å². The summed E-state index contributed by atoms with van der Waals surface area (Å²) in [5.74, 6) is 2.06. The number of carbonyl (C=O) groups excluding carboxylic acids is 1. The summed E-state index contributed by atoms with van der Waals surface area (Å²) < 4.78 is 16.4. The standard InChI is InChI=1S/C20H25NO4/c1-14-5-6-15(2)19(11-14)25-13-20(22)21-16(3)12-24-18-9-7-17(23-4)8-10-18/h5-11,16H,12-13H2,1-4H3,(H,21,22)/t16-/m0/s1. The lowest BCUT2D eigenvalue weighted by molar-refractivity contribution is -0.123. The normalized spacial score (nSPS) is 11.5. The number of ether oxygens (including phenoxy) is 3. The van der Waals surface area contributed by atoms with Crippen molar-refractivity contribution in [1.82, 2.24) is 5.32 Å². The molecule has 0 saturated heterocycles. The minimum absolute atomic E-state index is 0.0167. The predicted molar refractivity (Wildman–Crippen MR) is 97.5 cm³/mol. The Labute approximate surface area is 148 Å². The van der Waals surface area contributed by atoms with Crippen LogP contribution < -0.4 is 19.5 Å². The molecule has 0 saturated carbocycles. The van der Waals surface area contributed by atoms with Gasteiger partial charge < -0.3 is 19.5 Å². The van der Waals surface area contributed by atoms with Crippen LogP contribution in [-0.4, -0.2) is 32.3 Å². The van der Waals surface area contributed by atoms with Gasteiger partial charge in [0.15, 0.2) is 6.61 Å². The second-order valence-corrected chi connectivity index (χ2v) is 6.01. The highest BCUT2D eigenvalue weighted by Gasteiger charge is 2.10. The first-order valence-corrected chi connectivity index (χ1v) is 8.24. The van der Waals surface area contributed by atoms with Crippen molar-refractivity contribution in [1.29, 1.82) is 0 Å². The molecule has 0 heterocycles. The van der Waals surface area contributed by atoms with Gasteiger partial charge in [0.2, 0.25) is 0 Å². The van der Waals surface area contributed by atoms with Crippen LogP contribution in [0.4, 0.5) is 0 Å². The van der Waals surface area contributed by atoms with E-state index in [0.29, 0.717) is 6.61 Å². The number of nitrogens with one attached hydrogen (secondary N) is 1. The lowest BCUT2D eigenvalue weighted by atomic mass is 10.1. The summed E-state index contributed by atoms with van der Waals surface area (Å²) in [4.78, 5) is 12.0. The van der Waals surface area contributed by atoms with E-state index in [9.17, 15) is 4.79 Å². The van der Waals surface area contributed by atoms with Gasteiger partial charge >= 0.3 is 0 Å². The molecule has 5 nitrogen and oxygen atoms in total. The Morgan fingerprint density at radius 2 is 1.72 bits per heavy atom. The Morgan fingerprint density at radius 3 is 2.40 bits per heavy atom. The number of hydrogen-bond acceptors (Lipinski definition) is 4. The van der Waals surface area contributed by atoms with Gasteiger partial charge in [-0.15, -0.1) is 0 Å². The molecule has 0 unspecified atom stereocenters. The molecule has 1 atom stereocenters. The van der Waals surface area contributed by atoms with Crippen LogP contribution in [0.25, 0.3) is 0 Å². The number of rotatable bonds is 8. The molecule has 5 heteroatoms. The molecule has 0 fully saturated rings. The van der Waals surface area contributed by atoms with Crippen molar-refractivity contribution in [2.24, 2.45) is 0 Å². The molecule has 1 N–H and O–H groups in total. The zero-order chi connectivity index (χ0) is 18.2. The van der Waals surface area contributed by atoms with Crippen LogP contribution in [0.15, 0.2) is 42.5 Å². The largest absolute Gasteiger partial charge is 0.497 e. The summed E-state index contributed by atoms with van der Waals surface area (Å²) in [6.45, 7) is 6.20. The molecule has 0 bridgehead atoms. The highest BCUT2D eigenvalue weighted by Crippen LogP contribution is 2.19. The van der Waals surface area contributed by atoms with Crippen molar-refractivity contribution >= 4 is 5.91 Å². The third-order valence-electron chi connectivity index (χ3n) is 3.67. The van der Waals surface area contributed by atoms with Crippen LogP contribution >= 0.6 is 0 Å². The van der Waals surface area contributed by atoms with Crippen LogP contribution in [-0.2, 0) is 4.79 Å². The molecule has 2 aromatic rings. The van der Waals surface area contributed by atoms with Crippen molar-refractivity contribution in [2.75, 3.05) is 20.3 Å². The van der Waals surface area contributed by atoms with E-state index in [1.54, 1.807) is 7.11 Å². The highest BCUT2D eigenvalue weighted by atomic mass is 16.5. The molecule has 0 aromatic heterocycles. The number of benzene rings is 2. The summed E-state index contributed by atoms with van der Waals surface area (Å²) in [5, 5.41) is 2.86. The quantitative estimate of drug-likeness (QED) is 0.799. The summed E-state index contributed by atoms with van der Waals surface area (Å²) in [6.07, 6.45) is 0. The van der Waals surface area contributed by atoms with Crippen molar-refractivity contribution in [3.8, 4) is 17.2 Å². The highest BCUT2D eigenvalue weighted by molar-refractivity contribution is 5.77. The van der Waals surface area contributed by atoms with E-state index >= 15 is 0 Å². The van der Waals surface area contributed by atoms with Crippen molar-refractivity contribution < 1.29 is 19.0 Å². The first-order valence-electron chi connectivity index (χ1n) is 8.24. The summed E-state index contributed by atoms with van der Waals surface area (Å²) in [5.41, 5.74) is 2.11. The van der Waals surface area contributed by atoms with E-state index in [2.05, 4.69) is 5.32 Å². The molecule has 0 spiro atoms. The third-order valence-corrected chi connectivity index (χ3v) is 3.67. The van der Waals surface area contributed by atoms with E-state index in [4.69, 9.17) is 14.2 Å². The lowest BCUT2D eigenvalue weighted by Crippen LogP contribution is -2.39. The van der Waals surface area contributed by atoms with E-state index in [1.165, 1.54) is 0 Å². The Kier molecular flexibility index (Phi) is 6.69. The van der Waals surface area contributed by atoms with Crippen molar-refractivity contribution in [3.05, 3.63) is 53.6 Å². The van der Waals surface area contributed by atoms with Gasteiger partial charge in [-0.2, -0.15) is 0 Å². The fourth-order valence-electron chi connectivity index (χ4n) is 2.26. The Hall–Kier alpha value is -2.69. The van der Waals surface area contributed by atoms with Gasteiger partial charge in [-0.25, -0.2) is 0 Å². The van der Waals surface area contributed by atoms with Gasteiger partial charge in [-0.05, 0) is 62.2 Å². The van der Waals surface area contributed by atoms with Gasteiger partial charge in [-0.3, -0.25) is 4.79 Å². The van der Waals surface area contributed by atoms with Crippen LogP contribution in [0.2, 0.25) is 0 Å². The van der Waals surface area contributed by atoms with Gasteiger partial charge in [0, 0.05) is 0 Å². The first-order chi connectivity index (χ1) is 12.0. The average molecular weight is 343 g/mol. The van der Waals surface area contributed by atoms with E-state index < -0.39 is 0 Å². The molecule has 25 heavy (non-hydrogen) atoms. The molecule has 0 aliphatic heterocycles. The van der Waals surface area contributed by atoms with E-state index in [1.807, 2.05) is 63.2 Å². The molecule has 0 radical (unpaired) electrons. The number of aryl methyl sites for hydroxylation is 2. The lowest BCUT2D eigenvalue weighted by Gasteiger charge is -2.16. The smallest absolute Gasteiger partial charge is 0.258 e. The molecule has 1 amide bonds. The summed E-state index contributed by atoms with van der Waals surface area (Å²) in [7, 11) is 1.62. The van der Waals surface area contributed by atoms with Gasteiger partial charge in [0.1, 0.15) is 23.9 Å². The maximum absolute atomic E-state index is 12.0. The SMILES string of the molecule is COc1ccc(OC[C@H](C)NC(=O)COc2cc(C)ccc2C)cc1. The molecular formula is C20H25NO4. The average Bonchev–Trinajstić information content (AvgIpc) is 2.61. The Bertz CT molecular complexity index is 697. The Morgan fingerprint density at radius 1 is 1.04 bits per heavy atom. The third kappa shape index (κ3) is 6.03. The molecule has 0 aliphatic rings. The fraction of sp³-hybridized carbons (Fsp3) is 0.350. The topological polar surface area (TPSA) is 56.8 Å². The zero-order valence-corrected chi connectivity index (χ0v) is 15.2. The van der Waals surface area contributed by atoms with E-state index in [0.717, 1.165) is 28.4 Å². The minimum Gasteiger partial charge on any atom is -0.497 e. The summed E-state index contributed by atoms with van der Waals surface area (Å²) >= 11 is 0. The molecule has 0 aliphatic carbocycles. The number of carbonyl (C=O) groups is 1. The maximum atomic E-state index is 12.0. The molecule has 134 valence electrons. The molecule has 2 aromatic carbocycles. The van der Waals surface area contributed by atoms with E-state index in [-0.39, 0.29) is 18.6 Å². The fourth-order valence-corrected chi connectivity index (χ4v) is 2.26. The van der Waals surface area contributed by atoms with Gasteiger partial charge in [-0.1, -0.05) is 12.1 Å². The number of amides is 1. The number of methoxy groups -OCH3 is 1. The summed E-state index contributed by atoms with van der Waals surface area (Å²) in [6, 6.07) is 13.1. The van der Waals surface area contributed by atoms with Crippen LogP contribution in [0.3, 0.4) is 0 Å². The van der Waals surface area contributed by atoms with Crippen molar-refractivity contribution in [3.63, 3.8) is 0 Å². The maximum Gasteiger partial charge on any atom is 0.258 e. The molecular weight excluding hydrogens is 318 g/mol. The minimum atomic E-state index is -0.174.